The number of carbonyl (C=O) groups excluding carboxylic acids is 1. The third-order valence-corrected chi connectivity index (χ3v) is 6.21. The maximum absolute atomic E-state index is 13.0. The van der Waals surface area contributed by atoms with Gasteiger partial charge in [0.25, 0.3) is 5.91 Å². The molecule has 5 rings (SSSR count). The quantitative estimate of drug-likeness (QED) is 0.654. The van der Waals surface area contributed by atoms with Crippen molar-refractivity contribution in [2.75, 3.05) is 63.2 Å². The van der Waals surface area contributed by atoms with E-state index >= 15 is 0 Å². The molecular weight excluding hydrogens is 406 g/mol. The molecule has 3 aromatic heterocycles. The summed E-state index contributed by atoms with van der Waals surface area (Å²) in [6, 6.07) is 1.85. The Labute approximate surface area is 176 Å². The smallest absolute Gasteiger partial charge is 0.264 e. The molecule has 0 aliphatic carbocycles. The Balaban J connectivity index is 1.59. The molecule has 0 bridgehead atoms. The van der Waals surface area contributed by atoms with Crippen LogP contribution in [0.5, 0.6) is 0 Å². The molecule has 0 atom stereocenters. The predicted molar refractivity (Wildman–Crippen MR) is 113 cm³/mol. The molecule has 2 aliphatic rings. The van der Waals surface area contributed by atoms with Gasteiger partial charge in [-0.3, -0.25) is 4.79 Å². The van der Waals surface area contributed by atoms with Crippen molar-refractivity contribution in [3.8, 4) is 11.4 Å². The molecule has 0 saturated carbocycles. The Morgan fingerprint density at radius 3 is 2.37 bits per heavy atom. The number of amides is 1. The number of anilines is 2. The average molecular weight is 427 g/mol. The van der Waals surface area contributed by atoms with Gasteiger partial charge in [0.1, 0.15) is 0 Å². The fraction of sp³-hybridized carbons (Fsp3) is 0.421. The maximum atomic E-state index is 13.0. The van der Waals surface area contributed by atoms with Crippen LogP contribution in [0.2, 0.25) is 0 Å². The second-order valence-electron chi connectivity index (χ2n) is 7.03. The Kier molecular flexibility index (Phi) is 5.15. The Morgan fingerprint density at radius 2 is 1.67 bits per heavy atom. The molecule has 0 radical (unpaired) electrons. The van der Waals surface area contributed by atoms with Crippen LogP contribution in [0, 0.1) is 0 Å². The van der Waals surface area contributed by atoms with Crippen LogP contribution >= 0.6 is 11.3 Å². The number of fused-ring (bicyclic) bond motifs is 1. The summed E-state index contributed by atoms with van der Waals surface area (Å²) in [6.45, 7) is 5.07. The zero-order chi connectivity index (χ0) is 20.5. The highest BCUT2D eigenvalue weighted by atomic mass is 32.1. The minimum atomic E-state index is 0.00611. The van der Waals surface area contributed by atoms with E-state index in [4.69, 9.17) is 25.2 Å². The minimum Gasteiger partial charge on any atom is -0.378 e. The normalized spacial score (nSPS) is 17.5. The van der Waals surface area contributed by atoms with Gasteiger partial charge in [-0.2, -0.15) is 0 Å². The van der Waals surface area contributed by atoms with E-state index < -0.39 is 0 Å². The van der Waals surface area contributed by atoms with Gasteiger partial charge in [-0.1, -0.05) is 0 Å². The van der Waals surface area contributed by atoms with Crippen molar-refractivity contribution in [2.45, 2.75) is 0 Å². The predicted octanol–water partition coefficient (Wildman–Crippen LogP) is 1.04. The van der Waals surface area contributed by atoms with E-state index in [9.17, 15) is 4.79 Å². The van der Waals surface area contributed by atoms with E-state index in [1.165, 1.54) is 11.3 Å². The van der Waals surface area contributed by atoms with Crippen molar-refractivity contribution in [3.05, 3.63) is 23.3 Å². The van der Waals surface area contributed by atoms with Gasteiger partial charge in [0, 0.05) is 38.6 Å². The summed E-state index contributed by atoms with van der Waals surface area (Å²) in [7, 11) is 0. The number of nitrogens with two attached hydrogens (primary N) is 1. The van der Waals surface area contributed by atoms with Crippen LogP contribution in [-0.4, -0.2) is 83.3 Å². The summed E-state index contributed by atoms with van der Waals surface area (Å²) in [6.07, 6.45) is 3.22. The lowest BCUT2D eigenvalue weighted by atomic mass is 10.3. The van der Waals surface area contributed by atoms with E-state index in [0.29, 0.717) is 55.8 Å². The Hall–Kier alpha value is -2.89. The van der Waals surface area contributed by atoms with Crippen LogP contribution in [0.25, 0.3) is 21.6 Å². The maximum Gasteiger partial charge on any atom is 0.264 e. The molecule has 156 valence electrons. The number of aromatic nitrogens is 4. The molecule has 10 nitrogen and oxygen atoms in total. The molecule has 2 N–H and O–H groups in total. The van der Waals surface area contributed by atoms with Crippen LogP contribution in [0.4, 0.5) is 11.8 Å². The molecule has 0 aromatic carbocycles. The summed E-state index contributed by atoms with van der Waals surface area (Å²) >= 11 is 1.43. The number of morpholine rings is 2. The molecule has 30 heavy (non-hydrogen) atoms. The lowest BCUT2D eigenvalue weighted by molar-refractivity contribution is 0.0306. The molecule has 1 amide bonds. The molecular formula is C19H21N7O3S. The number of nitrogen functional groups attached to an aromatic ring is 1. The fourth-order valence-corrected chi connectivity index (χ4v) is 4.60. The van der Waals surface area contributed by atoms with E-state index in [1.54, 1.807) is 12.4 Å². The summed E-state index contributed by atoms with van der Waals surface area (Å²) in [5.74, 6) is 1.52. The largest absolute Gasteiger partial charge is 0.378 e. The molecule has 2 saturated heterocycles. The first-order valence-electron chi connectivity index (χ1n) is 9.78. The number of ether oxygens (including phenoxy) is 2. The summed E-state index contributed by atoms with van der Waals surface area (Å²) in [5.41, 5.74) is 7.03. The lowest BCUT2D eigenvalue weighted by Crippen LogP contribution is -2.40. The minimum absolute atomic E-state index is 0.00611. The highest BCUT2D eigenvalue weighted by Gasteiger charge is 2.25. The molecule has 11 heteroatoms. The second kappa shape index (κ2) is 8.09. The van der Waals surface area contributed by atoms with E-state index in [-0.39, 0.29) is 11.9 Å². The first-order chi connectivity index (χ1) is 14.7. The van der Waals surface area contributed by atoms with Crippen molar-refractivity contribution in [1.82, 2.24) is 24.8 Å². The first-order valence-corrected chi connectivity index (χ1v) is 10.6. The van der Waals surface area contributed by atoms with Gasteiger partial charge in [-0.05, 0) is 6.07 Å². The molecule has 3 aromatic rings. The van der Waals surface area contributed by atoms with Crippen molar-refractivity contribution < 1.29 is 14.3 Å². The zero-order valence-electron chi connectivity index (χ0n) is 16.3. The highest BCUT2D eigenvalue weighted by Crippen LogP contribution is 2.35. The number of carbonyl (C=O) groups is 1. The molecule has 5 heterocycles. The topological polar surface area (TPSA) is 120 Å². The first kappa shape index (κ1) is 19.1. The van der Waals surface area contributed by atoms with Crippen LogP contribution in [-0.2, 0) is 9.47 Å². The number of hydrogen-bond acceptors (Lipinski definition) is 10. The third-order valence-electron chi connectivity index (χ3n) is 5.10. The fourth-order valence-electron chi connectivity index (χ4n) is 3.51. The number of thiophene rings is 1. The summed E-state index contributed by atoms with van der Waals surface area (Å²) in [4.78, 5) is 35.3. The summed E-state index contributed by atoms with van der Waals surface area (Å²) in [5, 5.41) is 0. The average Bonchev–Trinajstić information content (AvgIpc) is 3.24. The van der Waals surface area contributed by atoms with Gasteiger partial charge in [-0.25, -0.2) is 19.9 Å². The SMILES string of the molecule is Nc1ncc(-c2nc(N3CCOCC3)c3sc(C(=O)N4CCOCC4)cc3n2)cn1. The van der Waals surface area contributed by atoms with Gasteiger partial charge in [0.2, 0.25) is 5.95 Å². The summed E-state index contributed by atoms with van der Waals surface area (Å²) < 4.78 is 11.8. The van der Waals surface area contributed by atoms with Crippen molar-refractivity contribution >= 4 is 39.2 Å². The van der Waals surface area contributed by atoms with Crippen LogP contribution in [0.15, 0.2) is 18.5 Å². The van der Waals surface area contributed by atoms with Crippen LogP contribution in [0.3, 0.4) is 0 Å². The van der Waals surface area contributed by atoms with E-state index in [2.05, 4.69) is 14.9 Å². The molecule has 2 fully saturated rings. The van der Waals surface area contributed by atoms with E-state index in [1.807, 2.05) is 11.0 Å². The zero-order valence-corrected chi connectivity index (χ0v) is 17.1. The second-order valence-corrected chi connectivity index (χ2v) is 8.08. The Morgan fingerprint density at radius 1 is 1.00 bits per heavy atom. The number of nitrogens with zero attached hydrogens (tertiary/aromatic N) is 6. The molecule has 0 spiro atoms. The Bertz CT molecular complexity index is 1060. The molecule has 2 aliphatic heterocycles. The van der Waals surface area contributed by atoms with Gasteiger partial charge in [-0.15, -0.1) is 11.3 Å². The van der Waals surface area contributed by atoms with Gasteiger partial charge in [0.05, 0.1) is 47.1 Å². The monoisotopic (exact) mass is 427 g/mol. The molecule has 0 unspecified atom stereocenters. The number of hydrogen-bond donors (Lipinski definition) is 1. The van der Waals surface area contributed by atoms with Crippen molar-refractivity contribution in [2.24, 2.45) is 0 Å². The standard InChI is InChI=1S/C19H21N7O3S/c20-19-21-10-12(11-22-19)16-23-13-9-14(18(27)26-3-7-29-8-4-26)30-15(13)17(24-16)25-1-5-28-6-2-25/h9-11H,1-8H2,(H2,20,21,22). The van der Waals surface area contributed by atoms with Crippen molar-refractivity contribution in [1.29, 1.82) is 0 Å². The van der Waals surface area contributed by atoms with Gasteiger partial charge >= 0.3 is 0 Å². The van der Waals surface area contributed by atoms with Crippen molar-refractivity contribution in [3.63, 3.8) is 0 Å². The van der Waals surface area contributed by atoms with Gasteiger partial charge in [0.15, 0.2) is 11.6 Å². The lowest BCUT2D eigenvalue weighted by Gasteiger charge is -2.28. The third kappa shape index (κ3) is 3.66. The highest BCUT2D eigenvalue weighted by molar-refractivity contribution is 7.21. The van der Waals surface area contributed by atoms with Crippen LogP contribution in [0.1, 0.15) is 9.67 Å². The number of rotatable bonds is 3. The van der Waals surface area contributed by atoms with Crippen LogP contribution < -0.4 is 10.6 Å². The van der Waals surface area contributed by atoms with Gasteiger partial charge < -0.3 is 25.0 Å². The van der Waals surface area contributed by atoms with E-state index in [0.717, 1.165) is 29.1 Å².